The molecule has 0 unspecified atom stereocenters. The van der Waals surface area contributed by atoms with Gasteiger partial charge in [-0.3, -0.25) is 9.59 Å². The summed E-state index contributed by atoms with van der Waals surface area (Å²) in [5.41, 5.74) is -1.09. The number of nitrogens with zero attached hydrogens (tertiary/aromatic N) is 1. The standard InChI is InChI=1S/C14H16ClF3N2O2/c1-8(2)19-13(22)7-20(9(3)21)10-4-5-12(15)11(6-10)14(16,17)18/h4-6,8H,7H2,1-3H3,(H,19,22). The third kappa shape index (κ3) is 4.91. The molecule has 0 aliphatic carbocycles. The molecule has 0 fully saturated rings. The number of alkyl halides is 3. The summed E-state index contributed by atoms with van der Waals surface area (Å²) in [5.74, 6) is -1.01. The van der Waals surface area contributed by atoms with Gasteiger partial charge in [0.15, 0.2) is 0 Å². The molecule has 0 bridgehead atoms. The van der Waals surface area contributed by atoms with Gasteiger partial charge in [-0.15, -0.1) is 0 Å². The van der Waals surface area contributed by atoms with E-state index in [1.807, 2.05) is 0 Å². The zero-order chi connectivity index (χ0) is 17.1. The van der Waals surface area contributed by atoms with Gasteiger partial charge in [0.25, 0.3) is 0 Å². The van der Waals surface area contributed by atoms with Crippen LogP contribution >= 0.6 is 11.6 Å². The molecule has 0 radical (unpaired) electrons. The molecule has 1 aromatic carbocycles. The zero-order valence-electron chi connectivity index (χ0n) is 12.3. The van der Waals surface area contributed by atoms with Crippen LogP contribution in [0.1, 0.15) is 26.3 Å². The highest BCUT2D eigenvalue weighted by Crippen LogP contribution is 2.36. The lowest BCUT2D eigenvalue weighted by Gasteiger charge is -2.22. The van der Waals surface area contributed by atoms with Crippen molar-refractivity contribution in [3.05, 3.63) is 28.8 Å². The number of amides is 2. The van der Waals surface area contributed by atoms with E-state index >= 15 is 0 Å². The van der Waals surface area contributed by atoms with E-state index in [1.165, 1.54) is 13.0 Å². The summed E-state index contributed by atoms with van der Waals surface area (Å²) < 4.78 is 38.6. The first-order valence-corrected chi connectivity index (χ1v) is 6.84. The van der Waals surface area contributed by atoms with Crippen LogP contribution in [0.25, 0.3) is 0 Å². The van der Waals surface area contributed by atoms with Gasteiger partial charge in [0, 0.05) is 18.7 Å². The van der Waals surface area contributed by atoms with Crippen molar-refractivity contribution in [2.45, 2.75) is 33.0 Å². The van der Waals surface area contributed by atoms with E-state index in [9.17, 15) is 22.8 Å². The van der Waals surface area contributed by atoms with Gasteiger partial charge in [-0.05, 0) is 32.0 Å². The van der Waals surface area contributed by atoms with Crippen molar-refractivity contribution in [3.63, 3.8) is 0 Å². The van der Waals surface area contributed by atoms with Crippen LogP contribution in [-0.4, -0.2) is 24.4 Å². The summed E-state index contributed by atoms with van der Waals surface area (Å²) in [6, 6.07) is 2.93. The highest BCUT2D eigenvalue weighted by Gasteiger charge is 2.34. The highest BCUT2D eigenvalue weighted by atomic mass is 35.5. The smallest absolute Gasteiger partial charge is 0.352 e. The Morgan fingerprint density at radius 3 is 2.36 bits per heavy atom. The van der Waals surface area contributed by atoms with E-state index < -0.39 is 28.6 Å². The summed E-state index contributed by atoms with van der Waals surface area (Å²) in [6.07, 6.45) is -4.64. The molecule has 0 saturated carbocycles. The van der Waals surface area contributed by atoms with Crippen LogP contribution in [0.4, 0.5) is 18.9 Å². The number of rotatable bonds is 4. The number of carbonyl (C=O) groups is 2. The van der Waals surface area contributed by atoms with Crippen LogP contribution in [-0.2, 0) is 15.8 Å². The minimum Gasteiger partial charge on any atom is -0.352 e. The number of hydrogen-bond donors (Lipinski definition) is 1. The Hall–Kier alpha value is -1.76. The Morgan fingerprint density at radius 2 is 1.91 bits per heavy atom. The van der Waals surface area contributed by atoms with Gasteiger partial charge in [-0.25, -0.2) is 0 Å². The van der Waals surface area contributed by atoms with Crippen LogP contribution in [0.5, 0.6) is 0 Å². The molecular weight excluding hydrogens is 321 g/mol. The number of benzene rings is 1. The summed E-state index contributed by atoms with van der Waals surface area (Å²) in [4.78, 5) is 24.3. The van der Waals surface area contributed by atoms with Crippen LogP contribution in [0.2, 0.25) is 5.02 Å². The fourth-order valence-corrected chi connectivity index (χ4v) is 2.02. The first-order valence-electron chi connectivity index (χ1n) is 6.46. The summed E-state index contributed by atoms with van der Waals surface area (Å²) in [5, 5.41) is 2.11. The second-order valence-electron chi connectivity index (χ2n) is 4.99. The van der Waals surface area contributed by atoms with Gasteiger partial charge < -0.3 is 10.2 Å². The van der Waals surface area contributed by atoms with Crippen LogP contribution < -0.4 is 10.2 Å². The minimum absolute atomic E-state index is 0.0388. The molecule has 0 spiro atoms. The van der Waals surface area contributed by atoms with E-state index in [-0.39, 0.29) is 18.3 Å². The quantitative estimate of drug-likeness (QED) is 0.917. The van der Waals surface area contributed by atoms with Crippen LogP contribution in [0, 0.1) is 0 Å². The molecule has 0 aliphatic heterocycles. The number of hydrogen-bond acceptors (Lipinski definition) is 2. The Labute approximate surface area is 131 Å². The van der Waals surface area contributed by atoms with Crippen molar-refractivity contribution in [1.29, 1.82) is 0 Å². The van der Waals surface area contributed by atoms with Gasteiger partial charge in [-0.2, -0.15) is 13.2 Å². The minimum atomic E-state index is -4.64. The summed E-state index contributed by atoms with van der Waals surface area (Å²) >= 11 is 5.54. The van der Waals surface area contributed by atoms with Gasteiger partial charge in [-0.1, -0.05) is 11.6 Å². The fraction of sp³-hybridized carbons (Fsp3) is 0.429. The molecule has 122 valence electrons. The molecule has 0 saturated heterocycles. The van der Waals surface area contributed by atoms with Crippen molar-refractivity contribution < 1.29 is 22.8 Å². The van der Waals surface area contributed by atoms with Crippen molar-refractivity contribution in [1.82, 2.24) is 5.32 Å². The molecule has 0 atom stereocenters. The second-order valence-corrected chi connectivity index (χ2v) is 5.40. The van der Waals surface area contributed by atoms with Gasteiger partial charge in [0.1, 0.15) is 6.54 Å². The van der Waals surface area contributed by atoms with Gasteiger partial charge in [0.05, 0.1) is 10.6 Å². The van der Waals surface area contributed by atoms with Crippen molar-refractivity contribution in [3.8, 4) is 0 Å². The van der Waals surface area contributed by atoms with Crippen LogP contribution in [0.3, 0.4) is 0 Å². The normalized spacial score (nSPS) is 11.5. The molecular formula is C14H16ClF3N2O2. The Bertz CT molecular complexity index is 574. The largest absolute Gasteiger partial charge is 0.417 e. The van der Waals surface area contributed by atoms with Gasteiger partial charge in [0.2, 0.25) is 11.8 Å². The van der Waals surface area contributed by atoms with Crippen molar-refractivity contribution in [2.75, 3.05) is 11.4 Å². The van der Waals surface area contributed by atoms with Crippen molar-refractivity contribution >= 4 is 29.1 Å². The monoisotopic (exact) mass is 336 g/mol. The Kier molecular flexibility index (Phi) is 5.82. The third-order valence-corrected chi connectivity index (χ3v) is 3.03. The Morgan fingerprint density at radius 1 is 1.32 bits per heavy atom. The predicted octanol–water partition coefficient (Wildman–Crippen LogP) is 3.24. The highest BCUT2D eigenvalue weighted by molar-refractivity contribution is 6.31. The van der Waals surface area contributed by atoms with Crippen LogP contribution in [0.15, 0.2) is 18.2 Å². The summed E-state index contributed by atoms with van der Waals surface area (Å²) in [6.45, 7) is 4.27. The molecule has 0 heterocycles. The maximum atomic E-state index is 12.9. The molecule has 4 nitrogen and oxygen atoms in total. The molecule has 2 amide bonds. The maximum absolute atomic E-state index is 12.9. The molecule has 8 heteroatoms. The van der Waals surface area contributed by atoms with E-state index in [0.29, 0.717) is 0 Å². The predicted molar refractivity (Wildman–Crippen MR) is 77.8 cm³/mol. The van der Waals surface area contributed by atoms with Gasteiger partial charge >= 0.3 is 6.18 Å². The molecule has 1 N–H and O–H groups in total. The SMILES string of the molecule is CC(=O)N(CC(=O)NC(C)C)c1ccc(Cl)c(C(F)(F)F)c1. The van der Waals surface area contributed by atoms with E-state index in [1.54, 1.807) is 13.8 Å². The van der Waals surface area contributed by atoms with E-state index in [2.05, 4.69) is 5.32 Å². The lowest BCUT2D eigenvalue weighted by atomic mass is 10.1. The van der Waals surface area contributed by atoms with Crippen molar-refractivity contribution in [2.24, 2.45) is 0 Å². The molecule has 0 aliphatic rings. The third-order valence-electron chi connectivity index (χ3n) is 2.70. The fourth-order valence-electron chi connectivity index (χ4n) is 1.79. The molecule has 22 heavy (non-hydrogen) atoms. The number of nitrogens with one attached hydrogen (secondary N) is 1. The summed E-state index contributed by atoms with van der Waals surface area (Å²) in [7, 11) is 0. The Balaban J connectivity index is 3.12. The molecule has 1 aromatic rings. The second kappa shape index (κ2) is 7.00. The first-order chi connectivity index (χ1) is 10.0. The average Bonchev–Trinajstić information content (AvgIpc) is 2.34. The zero-order valence-corrected chi connectivity index (χ0v) is 13.0. The lowest BCUT2D eigenvalue weighted by Crippen LogP contribution is -2.42. The van der Waals surface area contributed by atoms with E-state index in [4.69, 9.17) is 11.6 Å². The topological polar surface area (TPSA) is 49.4 Å². The van der Waals surface area contributed by atoms with E-state index in [0.717, 1.165) is 17.0 Å². The molecule has 1 rings (SSSR count). The number of halogens is 4. The maximum Gasteiger partial charge on any atom is 0.417 e. The average molecular weight is 337 g/mol. The number of anilines is 1. The number of carbonyl (C=O) groups excluding carboxylic acids is 2. The lowest BCUT2D eigenvalue weighted by molar-refractivity contribution is -0.137. The molecule has 0 aromatic heterocycles. The first kappa shape index (κ1) is 18.3.